The molecule has 2 rings (SSSR count). The van der Waals surface area contributed by atoms with Crippen molar-refractivity contribution in [1.29, 1.82) is 0 Å². The van der Waals surface area contributed by atoms with Gasteiger partial charge in [-0.3, -0.25) is 14.9 Å². The van der Waals surface area contributed by atoms with Gasteiger partial charge < -0.3 is 5.32 Å². The highest BCUT2D eigenvalue weighted by Crippen LogP contribution is 2.28. The average Bonchev–Trinajstić information content (AvgIpc) is 2.42. The van der Waals surface area contributed by atoms with Crippen LogP contribution in [0.3, 0.4) is 0 Å². The third-order valence-electron chi connectivity index (χ3n) is 2.48. The Labute approximate surface area is 137 Å². The number of nitrogens with zero attached hydrogens (tertiary/aromatic N) is 2. The van der Waals surface area contributed by atoms with Gasteiger partial charge in [-0.1, -0.05) is 23.2 Å². The highest BCUT2D eigenvalue weighted by molar-refractivity contribution is 9.10. The maximum atomic E-state index is 12.1. The molecule has 0 fully saturated rings. The van der Waals surface area contributed by atoms with Crippen LogP contribution in [0.5, 0.6) is 0 Å². The number of carbonyl (C=O) groups excluding carboxylic acids is 1. The van der Waals surface area contributed by atoms with Crippen molar-refractivity contribution in [1.82, 2.24) is 4.98 Å². The molecular weight excluding hydrogens is 385 g/mol. The van der Waals surface area contributed by atoms with Crippen LogP contribution in [-0.4, -0.2) is 15.8 Å². The lowest BCUT2D eigenvalue weighted by Gasteiger charge is -2.07. The normalized spacial score (nSPS) is 10.2. The fourth-order valence-corrected chi connectivity index (χ4v) is 2.21. The van der Waals surface area contributed by atoms with Crippen LogP contribution in [0.4, 0.5) is 11.4 Å². The van der Waals surface area contributed by atoms with Gasteiger partial charge in [0.1, 0.15) is 5.56 Å². The Hall–Kier alpha value is -1.70. The monoisotopic (exact) mass is 389 g/mol. The van der Waals surface area contributed by atoms with Crippen LogP contribution in [0.1, 0.15) is 10.4 Å². The summed E-state index contributed by atoms with van der Waals surface area (Å²) in [6.07, 6.45) is 1.22. The van der Waals surface area contributed by atoms with E-state index in [0.29, 0.717) is 15.2 Å². The predicted molar refractivity (Wildman–Crippen MR) is 83.0 cm³/mol. The molecule has 0 atom stereocenters. The maximum absolute atomic E-state index is 12.1. The van der Waals surface area contributed by atoms with E-state index in [1.807, 2.05) is 0 Å². The number of amides is 1. The first-order valence-corrected chi connectivity index (χ1v) is 7.00. The average molecular weight is 391 g/mol. The number of nitro groups is 1. The fraction of sp³-hybridized carbons (Fsp3) is 0. The third-order valence-corrected chi connectivity index (χ3v) is 3.99. The van der Waals surface area contributed by atoms with Gasteiger partial charge in [0.25, 0.3) is 5.91 Å². The maximum Gasteiger partial charge on any atom is 0.319 e. The SMILES string of the molecule is O=C(Nc1ccc(Br)c(Cl)c1)c1ccnc(Cl)c1[N+](=O)[O-]. The molecule has 0 aliphatic carbocycles. The second-order valence-corrected chi connectivity index (χ2v) is 5.46. The summed E-state index contributed by atoms with van der Waals surface area (Å²) in [6, 6.07) is 5.98. The van der Waals surface area contributed by atoms with E-state index in [1.165, 1.54) is 18.3 Å². The number of anilines is 1. The van der Waals surface area contributed by atoms with Gasteiger partial charge in [-0.15, -0.1) is 0 Å². The van der Waals surface area contributed by atoms with Crippen LogP contribution in [0.15, 0.2) is 34.9 Å². The number of rotatable bonds is 3. The minimum atomic E-state index is -0.751. The molecule has 0 spiro atoms. The topological polar surface area (TPSA) is 85.1 Å². The van der Waals surface area contributed by atoms with Crippen LogP contribution in [0.25, 0.3) is 0 Å². The zero-order valence-corrected chi connectivity index (χ0v) is 13.2. The van der Waals surface area contributed by atoms with Crippen molar-refractivity contribution in [2.45, 2.75) is 0 Å². The van der Waals surface area contributed by atoms with E-state index in [-0.39, 0.29) is 10.7 Å². The number of aromatic nitrogens is 1. The smallest absolute Gasteiger partial charge is 0.319 e. The number of nitrogens with one attached hydrogen (secondary N) is 1. The summed E-state index contributed by atoms with van der Waals surface area (Å²) in [5, 5.41) is 13.5. The Morgan fingerprint density at radius 2 is 2.05 bits per heavy atom. The molecule has 2 aromatic rings. The summed E-state index contributed by atoms with van der Waals surface area (Å²) in [6.45, 7) is 0. The number of halogens is 3. The Morgan fingerprint density at radius 1 is 1.33 bits per heavy atom. The first kappa shape index (κ1) is 15.7. The van der Waals surface area contributed by atoms with Gasteiger partial charge in [0, 0.05) is 16.4 Å². The number of carbonyl (C=O) groups is 1. The lowest BCUT2D eigenvalue weighted by atomic mass is 10.2. The molecule has 6 nitrogen and oxygen atoms in total. The van der Waals surface area contributed by atoms with E-state index in [2.05, 4.69) is 26.2 Å². The quantitative estimate of drug-likeness (QED) is 0.480. The minimum Gasteiger partial charge on any atom is -0.322 e. The second kappa shape index (κ2) is 6.38. The molecule has 1 aromatic heterocycles. The zero-order chi connectivity index (χ0) is 15.6. The van der Waals surface area contributed by atoms with E-state index < -0.39 is 16.5 Å². The first-order chi connectivity index (χ1) is 9.90. The number of hydrogen-bond acceptors (Lipinski definition) is 4. The van der Waals surface area contributed by atoms with Crippen LogP contribution in [0, 0.1) is 10.1 Å². The Bertz CT molecular complexity index is 740. The van der Waals surface area contributed by atoms with E-state index in [4.69, 9.17) is 23.2 Å². The van der Waals surface area contributed by atoms with Crippen molar-refractivity contribution in [2.24, 2.45) is 0 Å². The fourth-order valence-electron chi connectivity index (χ4n) is 1.56. The largest absolute Gasteiger partial charge is 0.322 e. The first-order valence-electron chi connectivity index (χ1n) is 5.45. The number of benzene rings is 1. The van der Waals surface area contributed by atoms with Gasteiger partial charge in [-0.2, -0.15) is 0 Å². The molecule has 1 heterocycles. The molecule has 0 saturated heterocycles. The van der Waals surface area contributed by atoms with E-state index in [9.17, 15) is 14.9 Å². The van der Waals surface area contributed by atoms with E-state index in [1.54, 1.807) is 12.1 Å². The van der Waals surface area contributed by atoms with Crippen molar-refractivity contribution in [2.75, 3.05) is 5.32 Å². The Morgan fingerprint density at radius 3 is 2.67 bits per heavy atom. The molecular formula is C12H6BrCl2N3O3. The highest BCUT2D eigenvalue weighted by Gasteiger charge is 2.24. The molecule has 108 valence electrons. The van der Waals surface area contributed by atoms with Crippen LogP contribution in [0.2, 0.25) is 10.2 Å². The van der Waals surface area contributed by atoms with Gasteiger partial charge in [0.2, 0.25) is 5.15 Å². The third kappa shape index (κ3) is 3.49. The van der Waals surface area contributed by atoms with Gasteiger partial charge in [-0.25, -0.2) is 4.98 Å². The van der Waals surface area contributed by atoms with Crippen LogP contribution in [-0.2, 0) is 0 Å². The summed E-state index contributed by atoms with van der Waals surface area (Å²) < 4.78 is 0.667. The summed E-state index contributed by atoms with van der Waals surface area (Å²) in [5.41, 5.74) is -0.325. The standard InChI is InChI=1S/C12H6BrCl2N3O3/c13-8-2-1-6(5-9(8)14)17-12(19)7-3-4-16-11(15)10(7)18(20)21/h1-5H,(H,17,19). The van der Waals surface area contributed by atoms with Crippen molar-refractivity contribution < 1.29 is 9.72 Å². The minimum absolute atomic E-state index is 0.181. The van der Waals surface area contributed by atoms with Gasteiger partial charge >= 0.3 is 5.69 Å². The van der Waals surface area contributed by atoms with Crippen molar-refractivity contribution in [3.05, 3.63) is 60.8 Å². The molecule has 1 amide bonds. The number of hydrogen-bond donors (Lipinski definition) is 1. The van der Waals surface area contributed by atoms with Gasteiger partial charge in [0.05, 0.1) is 9.95 Å². The van der Waals surface area contributed by atoms with E-state index >= 15 is 0 Å². The lowest BCUT2D eigenvalue weighted by Crippen LogP contribution is -2.14. The summed E-state index contributed by atoms with van der Waals surface area (Å²) >= 11 is 14.8. The van der Waals surface area contributed by atoms with Crippen molar-refractivity contribution in [3.8, 4) is 0 Å². The van der Waals surface area contributed by atoms with E-state index in [0.717, 1.165) is 0 Å². The second-order valence-electron chi connectivity index (χ2n) is 3.84. The van der Waals surface area contributed by atoms with Gasteiger partial charge in [0.15, 0.2) is 0 Å². The van der Waals surface area contributed by atoms with Crippen LogP contribution >= 0.6 is 39.1 Å². The molecule has 0 aliphatic heterocycles. The summed E-state index contributed by atoms with van der Waals surface area (Å²) in [4.78, 5) is 25.9. The predicted octanol–water partition coefficient (Wildman–Crippen LogP) is 4.31. The molecule has 0 saturated carbocycles. The van der Waals surface area contributed by atoms with Gasteiger partial charge in [-0.05, 0) is 40.2 Å². The molecule has 0 aliphatic rings. The highest BCUT2D eigenvalue weighted by atomic mass is 79.9. The van der Waals surface area contributed by atoms with Crippen molar-refractivity contribution >= 4 is 56.4 Å². The molecule has 0 radical (unpaired) electrons. The Balaban J connectivity index is 2.35. The molecule has 1 aromatic carbocycles. The molecule has 21 heavy (non-hydrogen) atoms. The lowest BCUT2D eigenvalue weighted by molar-refractivity contribution is -0.385. The molecule has 1 N–H and O–H groups in total. The number of pyridine rings is 1. The molecule has 0 bridgehead atoms. The molecule has 9 heteroatoms. The molecule has 0 unspecified atom stereocenters. The van der Waals surface area contributed by atoms with Crippen LogP contribution < -0.4 is 5.32 Å². The summed E-state index contributed by atoms with van der Waals surface area (Å²) in [5.74, 6) is -0.676. The zero-order valence-electron chi connectivity index (χ0n) is 10.1. The Kier molecular flexibility index (Phi) is 4.76. The van der Waals surface area contributed by atoms with Crippen molar-refractivity contribution in [3.63, 3.8) is 0 Å². The summed E-state index contributed by atoms with van der Waals surface area (Å²) in [7, 11) is 0.